The average Bonchev–Trinajstić information content (AvgIpc) is 3.15. The lowest BCUT2D eigenvalue weighted by atomic mass is 9.72. The molecule has 1 spiro atoms. The van der Waals surface area contributed by atoms with E-state index in [1.165, 1.54) is 16.8 Å². The second-order valence-corrected chi connectivity index (χ2v) is 7.52. The fourth-order valence-corrected chi connectivity index (χ4v) is 4.67. The monoisotopic (exact) mass is 338 g/mol. The van der Waals surface area contributed by atoms with Gasteiger partial charge in [0.25, 0.3) is 0 Å². The van der Waals surface area contributed by atoms with E-state index in [1.54, 1.807) is 0 Å². The lowest BCUT2D eigenvalue weighted by Crippen LogP contribution is -2.49. The lowest BCUT2D eigenvalue weighted by molar-refractivity contribution is -0.133. The minimum Gasteiger partial charge on any atom is -0.392 e. The first-order chi connectivity index (χ1) is 12.1. The van der Waals surface area contributed by atoms with Gasteiger partial charge in [0.15, 0.2) is 0 Å². The molecule has 1 N–H and O–H groups in total. The standard InChI is InChI=1S/C21H26N2O2/c1-22-12-4-6-17(22)8-9-20(25)23-13-10-21(11-14-23)18-7-3-2-5-16(18)15-19(21)24/h2-7,12,19,24H,8-11,13-15H2,1H3/t19-/m1/s1. The summed E-state index contributed by atoms with van der Waals surface area (Å²) in [6, 6.07) is 12.5. The summed E-state index contributed by atoms with van der Waals surface area (Å²) >= 11 is 0. The first kappa shape index (κ1) is 16.4. The molecule has 2 aliphatic rings. The van der Waals surface area contributed by atoms with Gasteiger partial charge in [0.05, 0.1) is 6.10 Å². The number of aryl methyl sites for hydroxylation is 2. The van der Waals surface area contributed by atoms with Crippen molar-refractivity contribution in [3.8, 4) is 0 Å². The van der Waals surface area contributed by atoms with E-state index in [-0.39, 0.29) is 17.4 Å². The van der Waals surface area contributed by atoms with Crippen LogP contribution in [-0.4, -0.2) is 39.7 Å². The summed E-state index contributed by atoms with van der Waals surface area (Å²) in [4.78, 5) is 14.6. The van der Waals surface area contributed by atoms with Crippen molar-refractivity contribution in [1.29, 1.82) is 0 Å². The van der Waals surface area contributed by atoms with Gasteiger partial charge in [0.1, 0.15) is 0 Å². The maximum atomic E-state index is 12.6. The number of hydrogen-bond acceptors (Lipinski definition) is 2. The van der Waals surface area contributed by atoms with Gasteiger partial charge in [-0.15, -0.1) is 0 Å². The molecule has 25 heavy (non-hydrogen) atoms. The first-order valence-electron chi connectivity index (χ1n) is 9.24. The number of nitrogens with zero attached hydrogens (tertiary/aromatic N) is 2. The van der Waals surface area contributed by atoms with Crippen molar-refractivity contribution in [1.82, 2.24) is 9.47 Å². The highest BCUT2D eigenvalue weighted by Gasteiger charge is 2.47. The predicted octanol–water partition coefficient (Wildman–Crippen LogP) is 2.44. The maximum Gasteiger partial charge on any atom is 0.222 e. The Hall–Kier alpha value is -2.07. The summed E-state index contributed by atoms with van der Waals surface area (Å²) in [6.45, 7) is 1.49. The molecule has 132 valence electrons. The van der Waals surface area contributed by atoms with E-state index in [0.29, 0.717) is 6.42 Å². The number of aliphatic hydroxyl groups excluding tert-OH is 1. The van der Waals surface area contributed by atoms with E-state index in [1.807, 2.05) is 30.3 Å². The number of aromatic nitrogens is 1. The Morgan fingerprint density at radius 1 is 1.20 bits per heavy atom. The average molecular weight is 338 g/mol. The van der Waals surface area contributed by atoms with Crippen LogP contribution >= 0.6 is 0 Å². The summed E-state index contributed by atoms with van der Waals surface area (Å²) in [5, 5.41) is 10.7. The van der Waals surface area contributed by atoms with Gasteiger partial charge in [-0.05, 0) is 48.9 Å². The third-order valence-electron chi connectivity index (χ3n) is 6.26. The largest absolute Gasteiger partial charge is 0.392 e. The number of fused-ring (bicyclic) bond motifs is 2. The van der Waals surface area contributed by atoms with Crippen LogP contribution in [0.4, 0.5) is 0 Å². The Kier molecular flexibility index (Phi) is 4.16. The Labute approximate surface area is 149 Å². The topological polar surface area (TPSA) is 45.5 Å². The van der Waals surface area contributed by atoms with Crippen LogP contribution in [0.25, 0.3) is 0 Å². The van der Waals surface area contributed by atoms with Gasteiger partial charge in [0, 0.05) is 43.9 Å². The van der Waals surface area contributed by atoms with Gasteiger partial charge in [-0.3, -0.25) is 4.79 Å². The highest BCUT2D eigenvalue weighted by atomic mass is 16.3. The van der Waals surface area contributed by atoms with Crippen LogP contribution in [0.15, 0.2) is 42.6 Å². The van der Waals surface area contributed by atoms with Crippen LogP contribution < -0.4 is 0 Å². The van der Waals surface area contributed by atoms with Crippen molar-refractivity contribution in [3.05, 3.63) is 59.4 Å². The summed E-state index contributed by atoms with van der Waals surface area (Å²) in [7, 11) is 2.02. The summed E-state index contributed by atoms with van der Waals surface area (Å²) in [5.41, 5.74) is 3.63. The normalized spacial score (nSPS) is 21.5. The first-order valence-corrected chi connectivity index (χ1v) is 9.24. The number of benzene rings is 1. The number of carbonyl (C=O) groups is 1. The molecular weight excluding hydrogens is 312 g/mol. The lowest BCUT2D eigenvalue weighted by Gasteiger charge is -2.42. The number of amides is 1. The predicted molar refractivity (Wildman–Crippen MR) is 97.4 cm³/mol. The Bertz CT molecular complexity index is 772. The SMILES string of the molecule is Cn1cccc1CCC(=O)N1CCC2(CC1)c1ccccc1C[C@H]2O. The third kappa shape index (κ3) is 2.78. The molecule has 1 saturated heterocycles. The summed E-state index contributed by atoms with van der Waals surface area (Å²) in [5.74, 6) is 0.233. The zero-order valence-corrected chi connectivity index (χ0v) is 14.8. The Morgan fingerprint density at radius 3 is 2.68 bits per heavy atom. The van der Waals surface area contributed by atoms with Gasteiger partial charge in [-0.1, -0.05) is 24.3 Å². The highest BCUT2D eigenvalue weighted by molar-refractivity contribution is 5.76. The van der Waals surface area contributed by atoms with Crippen molar-refractivity contribution in [2.24, 2.45) is 7.05 Å². The molecule has 0 radical (unpaired) electrons. The fraction of sp³-hybridized carbons (Fsp3) is 0.476. The third-order valence-corrected chi connectivity index (χ3v) is 6.26. The van der Waals surface area contributed by atoms with Crippen LogP contribution in [0.3, 0.4) is 0 Å². The molecule has 2 heterocycles. The van der Waals surface area contributed by atoms with Gasteiger partial charge < -0.3 is 14.6 Å². The van der Waals surface area contributed by atoms with Crippen LogP contribution in [0, 0.1) is 0 Å². The Morgan fingerprint density at radius 2 is 1.96 bits per heavy atom. The zero-order valence-electron chi connectivity index (χ0n) is 14.8. The number of aliphatic hydroxyl groups is 1. The second kappa shape index (κ2) is 6.34. The summed E-state index contributed by atoms with van der Waals surface area (Å²) in [6.07, 6.45) is 5.52. The number of likely N-dealkylation sites (tertiary alicyclic amines) is 1. The van der Waals surface area contributed by atoms with Crippen LogP contribution in [0.2, 0.25) is 0 Å². The quantitative estimate of drug-likeness (QED) is 0.934. The maximum absolute atomic E-state index is 12.6. The van der Waals surface area contributed by atoms with E-state index in [2.05, 4.69) is 28.8 Å². The molecule has 0 saturated carbocycles. The van der Waals surface area contributed by atoms with Crippen molar-refractivity contribution in [3.63, 3.8) is 0 Å². The molecule has 1 aromatic carbocycles. The molecule has 1 fully saturated rings. The van der Waals surface area contributed by atoms with Gasteiger partial charge in [-0.2, -0.15) is 0 Å². The van der Waals surface area contributed by atoms with Crippen LogP contribution in [-0.2, 0) is 30.1 Å². The van der Waals surface area contributed by atoms with E-state index >= 15 is 0 Å². The molecule has 4 rings (SSSR count). The molecule has 0 bridgehead atoms. The van der Waals surface area contributed by atoms with Crippen molar-refractivity contribution >= 4 is 5.91 Å². The molecule has 4 heteroatoms. The van der Waals surface area contributed by atoms with E-state index < -0.39 is 0 Å². The number of piperidine rings is 1. The molecule has 0 unspecified atom stereocenters. The van der Waals surface area contributed by atoms with Crippen LogP contribution in [0.5, 0.6) is 0 Å². The number of rotatable bonds is 3. The molecular formula is C21H26N2O2. The molecule has 4 nitrogen and oxygen atoms in total. The molecule has 1 aromatic heterocycles. The smallest absolute Gasteiger partial charge is 0.222 e. The van der Waals surface area contributed by atoms with Crippen molar-refractivity contribution in [2.75, 3.05) is 13.1 Å². The molecule has 1 aliphatic heterocycles. The molecule has 2 aromatic rings. The second-order valence-electron chi connectivity index (χ2n) is 7.52. The van der Waals surface area contributed by atoms with E-state index in [0.717, 1.165) is 38.8 Å². The van der Waals surface area contributed by atoms with E-state index in [9.17, 15) is 9.90 Å². The summed E-state index contributed by atoms with van der Waals surface area (Å²) < 4.78 is 2.07. The van der Waals surface area contributed by atoms with Crippen molar-refractivity contribution in [2.45, 2.75) is 43.6 Å². The van der Waals surface area contributed by atoms with Crippen molar-refractivity contribution < 1.29 is 9.90 Å². The number of hydrogen-bond donors (Lipinski definition) is 1. The Balaban J connectivity index is 1.40. The number of carbonyl (C=O) groups excluding carboxylic acids is 1. The highest BCUT2D eigenvalue weighted by Crippen LogP contribution is 2.46. The molecule has 1 aliphatic carbocycles. The van der Waals surface area contributed by atoms with Gasteiger partial charge >= 0.3 is 0 Å². The minimum absolute atomic E-state index is 0.147. The zero-order chi connectivity index (χ0) is 17.4. The molecule has 1 atom stereocenters. The fourth-order valence-electron chi connectivity index (χ4n) is 4.67. The van der Waals surface area contributed by atoms with Gasteiger partial charge in [0.2, 0.25) is 5.91 Å². The van der Waals surface area contributed by atoms with Crippen LogP contribution in [0.1, 0.15) is 36.1 Å². The minimum atomic E-state index is -0.314. The van der Waals surface area contributed by atoms with Gasteiger partial charge in [-0.25, -0.2) is 0 Å². The van der Waals surface area contributed by atoms with E-state index in [4.69, 9.17) is 0 Å². The molecule has 1 amide bonds.